The lowest BCUT2D eigenvalue weighted by atomic mass is 10.0. The molecule has 1 aromatic heterocycles. The van der Waals surface area contributed by atoms with Gasteiger partial charge in [-0.1, -0.05) is 12.1 Å². The maximum Gasteiger partial charge on any atom is 0.260 e. The van der Waals surface area contributed by atoms with E-state index in [2.05, 4.69) is 0 Å². The molecular formula is C22H21NO7. The molecule has 8 heteroatoms. The van der Waals surface area contributed by atoms with E-state index in [9.17, 15) is 14.7 Å². The van der Waals surface area contributed by atoms with Crippen molar-refractivity contribution < 1.29 is 28.5 Å². The van der Waals surface area contributed by atoms with Crippen LogP contribution in [0, 0.1) is 0 Å². The minimum Gasteiger partial charge on any atom is -0.507 e. The number of nitrogens with zero attached hydrogens (tertiary/aromatic N) is 1. The third kappa shape index (κ3) is 3.95. The predicted octanol–water partition coefficient (Wildman–Crippen LogP) is 2.41. The number of ether oxygens (including phenoxy) is 3. The van der Waals surface area contributed by atoms with Gasteiger partial charge in [0.1, 0.15) is 34.5 Å². The molecule has 2 aromatic carbocycles. The Morgan fingerprint density at radius 3 is 2.57 bits per heavy atom. The van der Waals surface area contributed by atoms with Crippen LogP contribution >= 0.6 is 0 Å². The molecular weight excluding hydrogens is 390 g/mol. The third-order valence-electron chi connectivity index (χ3n) is 4.96. The minimum absolute atomic E-state index is 0.0511. The molecule has 156 valence electrons. The number of methoxy groups -OCH3 is 1. The molecule has 2 heterocycles. The fourth-order valence-corrected chi connectivity index (χ4v) is 3.31. The van der Waals surface area contributed by atoms with Crippen molar-refractivity contribution in [2.24, 2.45) is 0 Å². The molecule has 1 amide bonds. The van der Waals surface area contributed by atoms with Crippen LogP contribution in [0.5, 0.6) is 17.2 Å². The zero-order valence-corrected chi connectivity index (χ0v) is 16.4. The zero-order chi connectivity index (χ0) is 21.1. The van der Waals surface area contributed by atoms with Crippen molar-refractivity contribution in [3.05, 3.63) is 52.9 Å². The molecule has 3 aromatic rings. The molecule has 0 radical (unpaired) electrons. The summed E-state index contributed by atoms with van der Waals surface area (Å²) >= 11 is 0. The number of hydrogen-bond donors (Lipinski definition) is 1. The third-order valence-corrected chi connectivity index (χ3v) is 4.96. The second-order valence-electron chi connectivity index (χ2n) is 6.80. The molecule has 8 nitrogen and oxygen atoms in total. The zero-order valence-electron chi connectivity index (χ0n) is 16.4. The van der Waals surface area contributed by atoms with Gasteiger partial charge in [-0.05, 0) is 17.7 Å². The topological polar surface area (TPSA) is 98.4 Å². The fraction of sp³-hybridized carbons (Fsp3) is 0.273. The normalized spacial score (nSPS) is 14.0. The van der Waals surface area contributed by atoms with E-state index in [1.54, 1.807) is 36.3 Å². The average molecular weight is 411 g/mol. The second kappa shape index (κ2) is 8.46. The van der Waals surface area contributed by atoms with Crippen LogP contribution in [0.15, 0.2) is 51.9 Å². The standard InChI is InChI=1S/C22H21NO7/c1-27-15-4-2-14(3-5-15)17-12-30-19-11-16(10-18(24)21(19)22(17)26)29-13-20(25)23-6-8-28-9-7-23/h2-5,10-12,24H,6-9,13H2,1H3. The summed E-state index contributed by atoms with van der Waals surface area (Å²) in [7, 11) is 1.56. The number of morpholine rings is 1. The molecule has 0 unspecified atom stereocenters. The summed E-state index contributed by atoms with van der Waals surface area (Å²) in [6.45, 7) is 1.87. The van der Waals surface area contributed by atoms with Gasteiger partial charge in [-0.15, -0.1) is 0 Å². The lowest BCUT2D eigenvalue weighted by Gasteiger charge is -2.26. The summed E-state index contributed by atoms with van der Waals surface area (Å²) in [5.41, 5.74) is 0.764. The van der Waals surface area contributed by atoms with Crippen LogP contribution in [0.2, 0.25) is 0 Å². The predicted molar refractivity (Wildman–Crippen MR) is 109 cm³/mol. The molecule has 1 fully saturated rings. The molecule has 1 saturated heterocycles. The summed E-state index contributed by atoms with van der Waals surface area (Å²) < 4.78 is 21.5. The first-order chi connectivity index (χ1) is 14.6. The number of fused-ring (bicyclic) bond motifs is 1. The van der Waals surface area contributed by atoms with Crippen LogP contribution < -0.4 is 14.9 Å². The van der Waals surface area contributed by atoms with Gasteiger partial charge in [0.15, 0.2) is 6.61 Å². The summed E-state index contributed by atoms with van der Waals surface area (Å²) in [5.74, 6) is 0.460. The number of benzene rings is 2. The van der Waals surface area contributed by atoms with E-state index in [-0.39, 0.29) is 40.4 Å². The molecule has 1 aliphatic rings. The van der Waals surface area contributed by atoms with E-state index in [0.717, 1.165) is 0 Å². The molecule has 1 aliphatic heterocycles. The van der Waals surface area contributed by atoms with Gasteiger partial charge in [0, 0.05) is 25.2 Å². The largest absolute Gasteiger partial charge is 0.507 e. The molecule has 0 bridgehead atoms. The molecule has 0 atom stereocenters. The maximum atomic E-state index is 12.9. The van der Waals surface area contributed by atoms with E-state index in [4.69, 9.17) is 18.6 Å². The number of carbonyl (C=O) groups excluding carboxylic acids is 1. The highest BCUT2D eigenvalue weighted by Crippen LogP contribution is 2.30. The van der Waals surface area contributed by atoms with Gasteiger partial charge >= 0.3 is 0 Å². The Morgan fingerprint density at radius 1 is 1.13 bits per heavy atom. The van der Waals surface area contributed by atoms with Crippen LogP contribution in [0.4, 0.5) is 0 Å². The SMILES string of the molecule is COc1ccc(-c2coc3cc(OCC(=O)N4CCOCC4)cc(O)c3c2=O)cc1. The van der Waals surface area contributed by atoms with Crippen LogP contribution in [0.1, 0.15) is 0 Å². The number of carbonyl (C=O) groups is 1. The van der Waals surface area contributed by atoms with Gasteiger partial charge in [-0.25, -0.2) is 0 Å². The summed E-state index contributed by atoms with van der Waals surface area (Å²) in [6, 6.07) is 9.75. The summed E-state index contributed by atoms with van der Waals surface area (Å²) in [6.07, 6.45) is 1.34. The molecule has 30 heavy (non-hydrogen) atoms. The lowest BCUT2D eigenvalue weighted by molar-refractivity contribution is -0.137. The average Bonchev–Trinajstić information content (AvgIpc) is 2.78. The Bertz CT molecular complexity index is 1110. The second-order valence-corrected chi connectivity index (χ2v) is 6.80. The highest BCUT2D eigenvalue weighted by molar-refractivity contribution is 5.88. The Labute approximate surface area is 172 Å². The Kier molecular flexibility index (Phi) is 5.58. The van der Waals surface area contributed by atoms with Gasteiger partial charge < -0.3 is 28.6 Å². The van der Waals surface area contributed by atoms with Gasteiger partial charge in [-0.2, -0.15) is 0 Å². The van der Waals surface area contributed by atoms with E-state index >= 15 is 0 Å². The van der Waals surface area contributed by atoms with E-state index in [1.165, 1.54) is 18.4 Å². The van der Waals surface area contributed by atoms with Gasteiger partial charge in [0.25, 0.3) is 5.91 Å². The molecule has 0 saturated carbocycles. The molecule has 1 N–H and O–H groups in total. The van der Waals surface area contributed by atoms with Gasteiger partial charge in [0.2, 0.25) is 5.43 Å². The monoisotopic (exact) mass is 411 g/mol. The maximum absolute atomic E-state index is 12.9. The first-order valence-electron chi connectivity index (χ1n) is 9.48. The molecule has 4 rings (SSSR count). The number of amides is 1. The van der Waals surface area contributed by atoms with Gasteiger partial charge in [-0.3, -0.25) is 9.59 Å². The Morgan fingerprint density at radius 2 is 1.87 bits per heavy atom. The quantitative estimate of drug-likeness (QED) is 0.688. The Hall–Kier alpha value is -3.52. The van der Waals surface area contributed by atoms with Crippen molar-refractivity contribution in [1.82, 2.24) is 4.90 Å². The number of rotatable bonds is 5. The van der Waals surface area contributed by atoms with Crippen molar-refractivity contribution in [3.63, 3.8) is 0 Å². The fourth-order valence-electron chi connectivity index (χ4n) is 3.31. The first kappa shape index (κ1) is 19.8. The van der Waals surface area contributed by atoms with Crippen LogP contribution in [-0.4, -0.2) is 55.9 Å². The smallest absolute Gasteiger partial charge is 0.260 e. The molecule has 0 aliphatic carbocycles. The summed E-state index contributed by atoms with van der Waals surface area (Å²) in [5, 5.41) is 10.5. The van der Waals surface area contributed by atoms with Crippen molar-refractivity contribution in [2.45, 2.75) is 0 Å². The highest BCUT2D eigenvalue weighted by Gasteiger charge is 2.19. The first-order valence-corrected chi connectivity index (χ1v) is 9.48. The number of phenols is 1. The van der Waals surface area contributed by atoms with Crippen molar-refractivity contribution in [1.29, 1.82) is 0 Å². The van der Waals surface area contributed by atoms with Crippen LogP contribution in [0.25, 0.3) is 22.1 Å². The van der Waals surface area contributed by atoms with Crippen LogP contribution in [0.3, 0.4) is 0 Å². The Balaban J connectivity index is 1.58. The van der Waals surface area contributed by atoms with E-state index < -0.39 is 0 Å². The summed E-state index contributed by atoms with van der Waals surface area (Å²) in [4.78, 5) is 26.8. The number of phenolic OH excluding ortho intramolecular Hbond substituents is 1. The number of hydrogen-bond acceptors (Lipinski definition) is 7. The van der Waals surface area contributed by atoms with Crippen molar-refractivity contribution >= 4 is 16.9 Å². The molecule has 0 spiro atoms. The minimum atomic E-state index is -0.366. The lowest BCUT2D eigenvalue weighted by Crippen LogP contribution is -2.42. The number of aromatic hydroxyl groups is 1. The van der Waals surface area contributed by atoms with Crippen molar-refractivity contribution in [2.75, 3.05) is 40.0 Å². The van der Waals surface area contributed by atoms with E-state index in [0.29, 0.717) is 43.2 Å². The van der Waals surface area contributed by atoms with Gasteiger partial charge in [0.05, 0.1) is 25.9 Å². The highest BCUT2D eigenvalue weighted by atomic mass is 16.5. The van der Waals surface area contributed by atoms with Crippen molar-refractivity contribution in [3.8, 4) is 28.4 Å². The van der Waals surface area contributed by atoms with E-state index in [1.807, 2.05) is 0 Å². The van der Waals surface area contributed by atoms with Crippen LogP contribution in [-0.2, 0) is 9.53 Å².